The van der Waals surface area contributed by atoms with Gasteiger partial charge in [0.2, 0.25) is 0 Å². The highest BCUT2D eigenvalue weighted by Crippen LogP contribution is 2.42. The molecule has 126 valence electrons. The van der Waals surface area contributed by atoms with Crippen molar-refractivity contribution < 1.29 is 40.6 Å². The van der Waals surface area contributed by atoms with Crippen LogP contribution >= 0.6 is 0 Å². The van der Waals surface area contributed by atoms with Gasteiger partial charge in [0.05, 0.1) is 18.6 Å². The Bertz CT molecular complexity index is 630. The molecule has 0 bridgehead atoms. The average molecular weight is 341 g/mol. The molecule has 0 N–H and O–H groups in total. The van der Waals surface area contributed by atoms with Crippen LogP contribution in [0.25, 0.3) is 0 Å². The summed E-state index contributed by atoms with van der Waals surface area (Å²) >= 11 is 0. The van der Waals surface area contributed by atoms with Crippen LogP contribution in [0.1, 0.15) is 23.6 Å². The summed E-state index contributed by atoms with van der Waals surface area (Å²) in [6.07, 6.45) is -11.6. The van der Waals surface area contributed by atoms with Gasteiger partial charge in [-0.25, -0.2) is 0 Å². The number of hydrogen-bond acceptors (Lipinski definition) is 4. The number of carbonyl (C=O) groups is 1. The third-order valence-electron chi connectivity index (χ3n) is 2.51. The molecule has 1 aromatic carbocycles. The Balaban J connectivity index is 3.51. The first-order valence-electron chi connectivity index (χ1n) is 6.04. The van der Waals surface area contributed by atoms with Gasteiger partial charge in [-0.3, -0.25) is 4.79 Å². The van der Waals surface area contributed by atoms with E-state index in [-0.39, 0.29) is 6.61 Å². The molecule has 0 aliphatic carbocycles. The number of rotatable bonds is 4. The minimum Gasteiger partial charge on any atom is -0.466 e. The van der Waals surface area contributed by atoms with Gasteiger partial charge in [0, 0.05) is 0 Å². The minimum absolute atomic E-state index is 0.109. The van der Waals surface area contributed by atoms with Gasteiger partial charge < -0.3 is 9.47 Å². The lowest BCUT2D eigenvalue weighted by Gasteiger charge is -2.19. The summed E-state index contributed by atoms with van der Waals surface area (Å²) in [5.74, 6) is -2.74. The summed E-state index contributed by atoms with van der Waals surface area (Å²) in [7, 11) is 0. The summed E-state index contributed by atoms with van der Waals surface area (Å²) in [5, 5.41) is 8.71. The molecule has 1 rings (SSSR count). The zero-order valence-electron chi connectivity index (χ0n) is 11.5. The number of benzene rings is 1. The zero-order valence-corrected chi connectivity index (χ0v) is 11.5. The van der Waals surface area contributed by atoms with Crippen molar-refractivity contribution in [2.75, 3.05) is 6.61 Å². The van der Waals surface area contributed by atoms with Crippen molar-refractivity contribution in [1.29, 1.82) is 5.26 Å². The van der Waals surface area contributed by atoms with Crippen LogP contribution in [0.15, 0.2) is 12.1 Å². The Morgan fingerprint density at radius 2 is 1.83 bits per heavy atom. The fourth-order valence-corrected chi connectivity index (χ4v) is 1.76. The second-order valence-corrected chi connectivity index (χ2v) is 4.12. The van der Waals surface area contributed by atoms with Crippen molar-refractivity contribution in [3.05, 3.63) is 28.8 Å². The maximum Gasteiger partial charge on any atom is 0.573 e. The SMILES string of the molecule is CCOC(=O)Cc1ccc(C#N)c(OC(F)(F)F)c1C(F)(F)F. The van der Waals surface area contributed by atoms with Crippen LogP contribution in [0.3, 0.4) is 0 Å². The first kappa shape index (κ1) is 18.6. The molecule has 0 aromatic heterocycles. The highest BCUT2D eigenvalue weighted by molar-refractivity contribution is 5.74. The highest BCUT2D eigenvalue weighted by atomic mass is 19.4. The van der Waals surface area contributed by atoms with Crippen molar-refractivity contribution in [3.63, 3.8) is 0 Å². The van der Waals surface area contributed by atoms with Gasteiger partial charge in [-0.1, -0.05) is 6.07 Å². The van der Waals surface area contributed by atoms with Crippen molar-refractivity contribution >= 4 is 5.97 Å². The lowest BCUT2D eigenvalue weighted by molar-refractivity contribution is -0.276. The topological polar surface area (TPSA) is 59.3 Å². The number of nitriles is 1. The van der Waals surface area contributed by atoms with Gasteiger partial charge in [0.1, 0.15) is 11.6 Å². The molecule has 0 radical (unpaired) electrons. The molecule has 10 heteroatoms. The molecule has 0 aliphatic heterocycles. The Kier molecular flexibility index (Phi) is 5.47. The third kappa shape index (κ3) is 5.05. The van der Waals surface area contributed by atoms with Gasteiger partial charge in [-0.15, -0.1) is 13.2 Å². The summed E-state index contributed by atoms with van der Waals surface area (Å²) in [4.78, 5) is 11.3. The number of alkyl halides is 6. The molecule has 0 spiro atoms. The number of nitrogens with zero attached hydrogens (tertiary/aromatic N) is 1. The Morgan fingerprint density at radius 3 is 2.26 bits per heavy atom. The minimum atomic E-state index is -5.44. The van der Waals surface area contributed by atoms with E-state index in [1.54, 1.807) is 0 Å². The maximum absolute atomic E-state index is 13.1. The van der Waals surface area contributed by atoms with Crippen LogP contribution < -0.4 is 4.74 Å². The maximum atomic E-state index is 13.1. The average Bonchev–Trinajstić information content (AvgIpc) is 2.35. The molecular formula is C13H9F6NO3. The number of esters is 1. The van der Waals surface area contributed by atoms with Crippen LogP contribution in [0.5, 0.6) is 5.75 Å². The van der Waals surface area contributed by atoms with Gasteiger partial charge in [-0.05, 0) is 18.6 Å². The number of halogens is 6. The van der Waals surface area contributed by atoms with E-state index in [1.807, 2.05) is 0 Å². The van der Waals surface area contributed by atoms with Crippen molar-refractivity contribution in [1.82, 2.24) is 0 Å². The highest BCUT2D eigenvalue weighted by Gasteiger charge is 2.43. The van der Waals surface area contributed by atoms with Gasteiger partial charge in [-0.2, -0.15) is 18.4 Å². The predicted octanol–water partition coefficient (Wildman–Crippen LogP) is 3.58. The van der Waals surface area contributed by atoms with E-state index in [0.29, 0.717) is 6.07 Å². The number of ether oxygens (including phenoxy) is 2. The Hall–Kier alpha value is -2.44. The molecule has 1 aromatic rings. The third-order valence-corrected chi connectivity index (χ3v) is 2.51. The normalized spacial score (nSPS) is 11.7. The standard InChI is InChI=1S/C13H9F6NO3/c1-2-22-9(21)5-7-3-4-8(6-20)11(23-13(17,18)19)10(7)12(14,15)16/h3-4H,2,5H2,1H3. The first-order valence-corrected chi connectivity index (χ1v) is 6.04. The first-order chi connectivity index (χ1) is 10.5. The number of carbonyl (C=O) groups excluding carboxylic acids is 1. The molecule has 0 saturated heterocycles. The largest absolute Gasteiger partial charge is 0.573 e. The lowest BCUT2D eigenvalue weighted by atomic mass is 9.99. The molecule has 0 aliphatic rings. The van der Waals surface area contributed by atoms with E-state index in [1.165, 1.54) is 13.0 Å². The van der Waals surface area contributed by atoms with Gasteiger partial charge >= 0.3 is 18.5 Å². The summed E-state index contributed by atoms with van der Waals surface area (Å²) in [5.41, 5.74) is -3.57. The quantitative estimate of drug-likeness (QED) is 0.620. The second kappa shape index (κ2) is 6.76. The van der Waals surface area contributed by atoms with Crippen LogP contribution in [-0.4, -0.2) is 18.9 Å². The second-order valence-electron chi connectivity index (χ2n) is 4.12. The molecular weight excluding hydrogens is 332 g/mol. The molecule has 23 heavy (non-hydrogen) atoms. The van der Waals surface area contributed by atoms with E-state index < -0.39 is 47.4 Å². The van der Waals surface area contributed by atoms with Crippen LogP contribution in [0.2, 0.25) is 0 Å². The van der Waals surface area contributed by atoms with E-state index >= 15 is 0 Å². The van der Waals surface area contributed by atoms with E-state index in [9.17, 15) is 31.1 Å². The number of hydrogen-bond donors (Lipinski definition) is 0. The van der Waals surface area contributed by atoms with Gasteiger partial charge in [0.25, 0.3) is 0 Å². The van der Waals surface area contributed by atoms with Crippen molar-refractivity contribution in [3.8, 4) is 11.8 Å². The Labute approximate surface area is 126 Å². The molecule has 0 saturated carbocycles. The van der Waals surface area contributed by atoms with E-state index in [0.717, 1.165) is 6.07 Å². The monoisotopic (exact) mass is 341 g/mol. The molecule has 0 amide bonds. The molecule has 0 unspecified atom stereocenters. The molecule has 0 fully saturated rings. The van der Waals surface area contributed by atoms with Crippen LogP contribution in [0, 0.1) is 11.3 Å². The Morgan fingerprint density at radius 1 is 1.22 bits per heavy atom. The molecule has 4 nitrogen and oxygen atoms in total. The molecule has 0 atom stereocenters. The zero-order chi connectivity index (χ0) is 17.8. The van der Waals surface area contributed by atoms with E-state index in [2.05, 4.69) is 9.47 Å². The summed E-state index contributed by atoms with van der Waals surface area (Å²) in [6, 6.07) is 2.65. The summed E-state index contributed by atoms with van der Waals surface area (Å²) in [6.45, 7) is 1.31. The van der Waals surface area contributed by atoms with Crippen LogP contribution in [0.4, 0.5) is 26.3 Å². The van der Waals surface area contributed by atoms with E-state index in [4.69, 9.17) is 5.26 Å². The van der Waals surface area contributed by atoms with Crippen LogP contribution in [-0.2, 0) is 22.1 Å². The fourth-order valence-electron chi connectivity index (χ4n) is 1.76. The predicted molar refractivity (Wildman–Crippen MR) is 63.2 cm³/mol. The van der Waals surface area contributed by atoms with Gasteiger partial charge in [0.15, 0.2) is 5.75 Å². The summed E-state index contributed by atoms with van der Waals surface area (Å²) < 4.78 is 84.3. The fraction of sp³-hybridized carbons (Fsp3) is 0.385. The van der Waals surface area contributed by atoms with Crippen molar-refractivity contribution in [2.24, 2.45) is 0 Å². The molecule has 0 heterocycles. The lowest BCUT2D eigenvalue weighted by Crippen LogP contribution is -2.23. The smallest absolute Gasteiger partial charge is 0.466 e. The van der Waals surface area contributed by atoms with Crippen molar-refractivity contribution in [2.45, 2.75) is 25.9 Å².